The molecular formula is C15H25NO2. The number of nitrogens with one attached hydrogen (secondary N) is 1. The Kier molecular flexibility index (Phi) is 8.23. The highest BCUT2D eigenvalue weighted by molar-refractivity contribution is 5.87. The first kappa shape index (κ1) is 15.0. The van der Waals surface area contributed by atoms with Crippen LogP contribution in [0.3, 0.4) is 0 Å². The lowest BCUT2D eigenvalue weighted by molar-refractivity contribution is -0.116. The molecular weight excluding hydrogens is 226 g/mol. The molecule has 0 saturated carbocycles. The van der Waals surface area contributed by atoms with E-state index in [1.54, 1.807) is 6.08 Å². The normalized spacial score (nSPS) is 19.9. The standard InChI is InChI=1S/C15H25NO2/c1-2-3-4-5-6-7-8-9-15(17)16-12-14-10-11-18-13-14/h6-9,14H,2-5,10-13H2,1H3,(H,16,17). The SMILES string of the molecule is CCCCCC=CC=CC(=O)NCC1CCOC1. The van der Waals surface area contributed by atoms with Gasteiger partial charge in [0.25, 0.3) is 0 Å². The second kappa shape index (κ2) is 9.89. The predicted octanol–water partition coefficient (Wildman–Crippen LogP) is 2.83. The van der Waals surface area contributed by atoms with Crippen LogP contribution in [0.15, 0.2) is 24.3 Å². The minimum Gasteiger partial charge on any atom is -0.381 e. The molecule has 1 aliphatic rings. The fourth-order valence-corrected chi connectivity index (χ4v) is 1.88. The molecule has 0 radical (unpaired) electrons. The van der Waals surface area contributed by atoms with E-state index in [0.29, 0.717) is 5.92 Å². The van der Waals surface area contributed by atoms with Crippen molar-refractivity contribution in [1.82, 2.24) is 5.32 Å². The van der Waals surface area contributed by atoms with Crippen molar-refractivity contribution in [2.24, 2.45) is 5.92 Å². The minimum absolute atomic E-state index is 0.0138. The maximum Gasteiger partial charge on any atom is 0.243 e. The Morgan fingerprint density at radius 1 is 1.39 bits per heavy atom. The van der Waals surface area contributed by atoms with E-state index in [1.165, 1.54) is 19.3 Å². The summed E-state index contributed by atoms with van der Waals surface area (Å²) in [6.45, 7) is 4.53. The molecule has 1 amide bonds. The van der Waals surface area contributed by atoms with Gasteiger partial charge < -0.3 is 10.1 Å². The van der Waals surface area contributed by atoms with Crippen molar-refractivity contribution in [3.63, 3.8) is 0 Å². The van der Waals surface area contributed by atoms with E-state index < -0.39 is 0 Å². The number of allylic oxidation sites excluding steroid dienone is 3. The van der Waals surface area contributed by atoms with Gasteiger partial charge in [0.1, 0.15) is 0 Å². The summed E-state index contributed by atoms with van der Waals surface area (Å²) in [6, 6.07) is 0. The van der Waals surface area contributed by atoms with Gasteiger partial charge in [-0.25, -0.2) is 0 Å². The van der Waals surface area contributed by atoms with E-state index in [4.69, 9.17) is 4.74 Å². The molecule has 3 heteroatoms. The zero-order valence-corrected chi connectivity index (χ0v) is 11.4. The lowest BCUT2D eigenvalue weighted by Gasteiger charge is -2.06. The van der Waals surface area contributed by atoms with Gasteiger partial charge in [0.2, 0.25) is 5.91 Å². The van der Waals surface area contributed by atoms with Crippen LogP contribution in [-0.2, 0) is 9.53 Å². The third-order valence-electron chi connectivity index (χ3n) is 3.06. The Balaban J connectivity index is 2.03. The molecule has 1 fully saturated rings. The molecule has 3 nitrogen and oxygen atoms in total. The molecule has 1 N–H and O–H groups in total. The first-order chi connectivity index (χ1) is 8.83. The van der Waals surface area contributed by atoms with Crippen LogP contribution in [0.2, 0.25) is 0 Å². The lowest BCUT2D eigenvalue weighted by atomic mass is 10.1. The van der Waals surface area contributed by atoms with Crippen LogP contribution >= 0.6 is 0 Å². The van der Waals surface area contributed by atoms with Gasteiger partial charge in [-0.05, 0) is 19.3 Å². The van der Waals surface area contributed by atoms with Crippen LogP contribution < -0.4 is 5.32 Å². The van der Waals surface area contributed by atoms with E-state index in [-0.39, 0.29) is 5.91 Å². The minimum atomic E-state index is -0.0138. The van der Waals surface area contributed by atoms with Crippen molar-refractivity contribution < 1.29 is 9.53 Å². The number of ether oxygens (including phenoxy) is 1. The summed E-state index contributed by atoms with van der Waals surface area (Å²) >= 11 is 0. The number of unbranched alkanes of at least 4 members (excludes halogenated alkanes) is 3. The first-order valence-electron chi connectivity index (χ1n) is 7.01. The molecule has 0 aromatic rings. The summed E-state index contributed by atoms with van der Waals surface area (Å²) in [6.07, 6.45) is 13.4. The highest BCUT2D eigenvalue weighted by atomic mass is 16.5. The number of rotatable bonds is 8. The fraction of sp³-hybridized carbons (Fsp3) is 0.667. The highest BCUT2D eigenvalue weighted by Crippen LogP contribution is 2.10. The van der Waals surface area contributed by atoms with Gasteiger partial charge >= 0.3 is 0 Å². The molecule has 1 unspecified atom stereocenters. The molecule has 18 heavy (non-hydrogen) atoms. The highest BCUT2D eigenvalue weighted by Gasteiger charge is 2.15. The van der Waals surface area contributed by atoms with E-state index in [0.717, 1.165) is 32.6 Å². The zero-order chi connectivity index (χ0) is 13.1. The molecule has 0 spiro atoms. The van der Waals surface area contributed by atoms with Crippen LogP contribution in [0.25, 0.3) is 0 Å². The third kappa shape index (κ3) is 7.28. The second-order valence-corrected chi connectivity index (χ2v) is 4.76. The molecule has 1 rings (SSSR count). The maximum atomic E-state index is 11.5. The first-order valence-corrected chi connectivity index (χ1v) is 7.01. The summed E-state index contributed by atoms with van der Waals surface area (Å²) in [5.41, 5.74) is 0. The predicted molar refractivity (Wildman–Crippen MR) is 74.4 cm³/mol. The average Bonchev–Trinajstić information content (AvgIpc) is 2.88. The molecule has 0 aromatic carbocycles. The average molecular weight is 251 g/mol. The number of carbonyl (C=O) groups is 1. The van der Waals surface area contributed by atoms with Crippen LogP contribution in [0.1, 0.15) is 39.0 Å². The van der Waals surface area contributed by atoms with Crippen LogP contribution in [0.5, 0.6) is 0 Å². The van der Waals surface area contributed by atoms with Crippen LogP contribution in [0.4, 0.5) is 0 Å². The van der Waals surface area contributed by atoms with Crippen molar-refractivity contribution >= 4 is 5.91 Å². The van der Waals surface area contributed by atoms with E-state index in [1.807, 2.05) is 12.2 Å². The van der Waals surface area contributed by atoms with Gasteiger partial charge in [0, 0.05) is 25.1 Å². The third-order valence-corrected chi connectivity index (χ3v) is 3.06. The summed E-state index contributed by atoms with van der Waals surface area (Å²) in [5.74, 6) is 0.479. The van der Waals surface area contributed by atoms with Crippen molar-refractivity contribution in [2.75, 3.05) is 19.8 Å². The number of hydrogen-bond acceptors (Lipinski definition) is 2. The van der Waals surface area contributed by atoms with E-state index in [9.17, 15) is 4.79 Å². The van der Waals surface area contributed by atoms with Gasteiger partial charge in [-0.1, -0.05) is 38.0 Å². The molecule has 1 heterocycles. The Bertz CT molecular complexity index is 278. The monoisotopic (exact) mass is 251 g/mol. The van der Waals surface area contributed by atoms with Gasteiger partial charge in [-0.15, -0.1) is 0 Å². The summed E-state index contributed by atoms with van der Waals surface area (Å²) < 4.78 is 5.25. The topological polar surface area (TPSA) is 38.3 Å². The Hall–Kier alpha value is -1.09. The zero-order valence-electron chi connectivity index (χ0n) is 11.4. The summed E-state index contributed by atoms with van der Waals surface area (Å²) in [5, 5.41) is 2.90. The van der Waals surface area contributed by atoms with Crippen LogP contribution in [-0.4, -0.2) is 25.7 Å². The molecule has 0 aromatic heterocycles. The Labute approximate surface area is 110 Å². The second-order valence-electron chi connectivity index (χ2n) is 4.76. The van der Waals surface area contributed by atoms with Gasteiger partial charge in [0.05, 0.1) is 6.61 Å². The molecule has 0 aliphatic carbocycles. The summed E-state index contributed by atoms with van der Waals surface area (Å²) in [4.78, 5) is 11.5. The van der Waals surface area contributed by atoms with Gasteiger partial charge in [0.15, 0.2) is 0 Å². The molecule has 1 saturated heterocycles. The van der Waals surface area contributed by atoms with Crippen molar-refractivity contribution in [3.05, 3.63) is 24.3 Å². The number of amides is 1. The Morgan fingerprint density at radius 2 is 2.28 bits per heavy atom. The number of hydrogen-bond donors (Lipinski definition) is 1. The van der Waals surface area contributed by atoms with Gasteiger partial charge in [-0.2, -0.15) is 0 Å². The van der Waals surface area contributed by atoms with Crippen molar-refractivity contribution in [2.45, 2.75) is 39.0 Å². The smallest absolute Gasteiger partial charge is 0.243 e. The molecule has 1 atom stereocenters. The van der Waals surface area contributed by atoms with E-state index >= 15 is 0 Å². The quantitative estimate of drug-likeness (QED) is 0.409. The Morgan fingerprint density at radius 3 is 3.00 bits per heavy atom. The number of carbonyl (C=O) groups excluding carboxylic acids is 1. The van der Waals surface area contributed by atoms with Crippen LogP contribution in [0, 0.1) is 5.92 Å². The van der Waals surface area contributed by atoms with Gasteiger partial charge in [-0.3, -0.25) is 4.79 Å². The fourth-order valence-electron chi connectivity index (χ4n) is 1.88. The maximum absolute atomic E-state index is 11.5. The summed E-state index contributed by atoms with van der Waals surface area (Å²) in [7, 11) is 0. The molecule has 1 aliphatic heterocycles. The van der Waals surface area contributed by atoms with E-state index in [2.05, 4.69) is 18.3 Å². The molecule has 102 valence electrons. The van der Waals surface area contributed by atoms with Crippen molar-refractivity contribution in [3.8, 4) is 0 Å². The lowest BCUT2D eigenvalue weighted by Crippen LogP contribution is -2.27. The van der Waals surface area contributed by atoms with Crippen molar-refractivity contribution in [1.29, 1.82) is 0 Å². The largest absolute Gasteiger partial charge is 0.381 e. The molecule has 0 bridgehead atoms.